The van der Waals surface area contributed by atoms with Gasteiger partial charge in [0.1, 0.15) is 0 Å². The van der Waals surface area contributed by atoms with E-state index in [1.54, 1.807) is 22.3 Å². The standard InChI is InChI=1S/C29H37.C4H10N.2CH3.H4Si.Ti/c1-4-6-8-12-16-29(17-13-9-7-5-2)27-15-11-10-14-25(27)26-20-23-18-22(3)19-24(23)21-28(26)29;1-4(2,3)5;;;;/h10-11,14-15,18-21H,4-9,12-13,16-17H2,1-3H3;5H,1-3H3;2*1H3;1H4;/q;-1;;;;+1. The summed E-state index contributed by atoms with van der Waals surface area (Å²) < 4.78 is 4.74. The van der Waals surface area contributed by atoms with Crippen molar-refractivity contribution in [2.75, 3.05) is 0 Å². The van der Waals surface area contributed by atoms with Gasteiger partial charge in [0.05, 0.1) is 0 Å². The van der Waals surface area contributed by atoms with E-state index in [0.29, 0.717) is 4.22 Å². The first-order chi connectivity index (χ1) is 17.5. The predicted molar refractivity (Wildman–Crippen MR) is 173 cm³/mol. The molecule has 0 spiro atoms. The summed E-state index contributed by atoms with van der Waals surface area (Å²) in [6, 6.07) is 14.7. The molecule has 2 aromatic rings. The van der Waals surface area contributed by atoms with Gasteiger partial charge in [-0.15, -0.1) is 0 Å². The van der Waals surface area contributed by atoms with Crippen molar-refractivity contribution in [3.05, 3.63) is 64.2 Å². The maximum absolute atomic E-state index is 4.16. The Morgan fingerprint density at radius 2 is 1.42 bits per heavy atom. The Bertz CT molecular complexity index is 1110. The van der Waals surface area contributed by atoms with Gasteiger partial charge in [0.25, 0.3) is 0 Å². The number of hydrogen-bond donors (Lipinski definition) is 1. The number of nitrogens with one attached hydrogen (secondary N) is 1. The van der Waals surface area contributed by atoms with Gasteiger partial charge in [-0.25, -0.2) is 0 Å². The monoisotopic (exact) mass is 567 g/mol. The van der Waals surface area contributed by atoms with Crippen LogP contribution >= 0.6 is 0 Å². The number of unbranched alkanes of at least 4 members (excludes halogenated alkanes) is 6. The smallest absolute Gasteiger partial charge is 0.0149 e. The minimum atomic E-state index is -2.38. The fourth-order valence-corrected chi connectivity index (χ4v) is 14.6. The topological polar surface area (TPSA) is 12.0 Å². The third-order valence-electron chi connectivity index (χ3n) is 8.95. The summed E-state index contributed by atoms with van der Waals surface area (Å²) in [5.41, 5.74) is 11.3. The summed E-state index contributed by atoms with van der Waals surface area (Å²) in [6.45, 7) is 14.1. The molecule has 1 nitrogen and oxygen atoms in total. The summed E-state index contributed by atoms with van der Waals surface area (Å²) >= 11 is -2.38. The van der Waals surface area contributed by atoms with E-state index in [2.05, 4.69) is 98.3 Å². The van der Waals surface area contributed by atoms with Crippen molar-refractivity contribution < 1.29 is 16.8 Å². The first-order valence-electron chi connectivity index (χ1n) is 15.3. The average molecular weight is 568 g/mol. The molecule has 1 unspecified atom stereocenters. The molecule has 0 heterocycles. The first-order valence-corrected chi connectivity index (χ1v) is 20.1. The van der Waals surface area contributed by atoms with Gasteiger partial charge in [-0.05, 0) is 11.0 Å². The van der Waals surface area contributed by atoms with E-state index < -0.39 is 16.8 Å². The molecule has 2 aliphatic carbocycles. The largest absolute Gasteiger partial charge is 0.0149 e. The summed E-state index contributed by atoms with van der Waals surface area (Å²) in [6.07, 6.45) is 15.8. The molecule has 2 aromatic carbocycles. The molecule has 210 valence electrons. The fourth-order valence-electron chi connectivity index (χ4n) is 7.85. The van der Waals surface area contributed by atoms with E-state index in [0.717, 1.165) is 0 Å². The molecule has 0 bridgehead atoms. The van der Waals surface area contributed by atoms with Crippen LogP contribution in [-0.4, -0.2) is 16.5 Å². The van der Waals surface area contributed by atoms with Gasteiger partial charge in [-0.2, -0.15) is 0 Å². The molecule has 0 saturated carbocycles. The average Bonchev–Trinajstić information content (AvgIpc) is 3.29. The van der Waals surface area contributed by atoms with Gasteiger partial charge < -0.3 is 0 Å². The van der Waals surface area contributed by atoms with Crippen LogP contribution in [0, 0.1) is 0 Å². The Hall–Kier alpha value is -0.929. The molecule has 1 N–H and O–H groups in total. The molecule has 0 aromatic heterocycles. The van der Waals surface area contributed by atoms with Crippen molar-refractivity contribution in [1.29, 1.82) is 0 Å². The van der Waals surface area contributed by atoms with Crippen LogP contribution in [0.1, 0.15) is 132 Å². The van der Waals surface area contributed by atoms with Crippen LogP contribution in [0.25, 0.3) is 17.2 Å². The van der Waals surface area contributed by atoms with Gasteiger partial charge in [-0.1, -0.05) is 0 Å². The quantitative estimate of drug-likeness (QED) is 0.199. The third kappa shape index (κ3) is 6.35. The van der Waals surface area contributed by atoms with E-state index in [9.17, 15) is 0 Å². The van der Waals surface area contributed by atoms with Crippen molar-refractivity contribution in [2.24, 2.45) is 0 Å². The Morgan fingerprint density at radius 1 is 0.816 bits per heavy atom. The molecule has 0 fully saturated rings. The van der Waals surface area contributed by atoms with Gasteiger partial charge in [0, 0.05) is 0 Å². The van der Waals surface area contributed by atoms with E-state index >= 15 is 0 Å². The minimum Gasteiger partial charge on any atom is -0.0149 e. The van der Waals surface area contributed by atoms with E-state index in [1.807, 2.05) is 0 Å². The molecule has 0 amide bonds. The van der Waals surface area contributed by atoms with E-state index in [4.69, 9.17) is 0 Å². The third-order valence-corrected chi connectivity index (χ3v) is 14.6. The number of rotatable bonds is 12. The maximum atomic E-state index is 4.16. The van der Waals surface area contributed by atoms with Crippen LogP contribution in [0.3, 0.4) is 0 Å². The zero-order chi connectivity index (χ0) is 26.8. The second-order valence-corrected chi connectivity index (χ2v) is 20.4. The Labute approximate surface area is 243 Å². The number of hydrogen-bond acceptors (Lipinski definition) is 1. The van der Waals surface area contributed by atoms with Gasteiger partial charge in [-0.3, -0.25) is 0 Å². The van der Waals surface area contributed by atoms with Crippen LogP contribution in [0.4, 0.5) is 0 Å². The second-order valence-electron chi connectivity index (χ2n) is 13.7. The van der Waals surface area contributed by atoms with Crippen LogP contribution < -0.4 is 3.80 Å². The summed E-state index contributed by atoms with van der Waals surface area (Å²) in [4.78, 5) is 0. The van der Waals surface area contributed by atoms with Crippen molar-refractivity contribution in [2.45, 2.75) is 131 Å². The Kier molecular flexibility index (Phi) is 10.6. The second kappa shape index (κ2) is 12.7. The van der Waals surface area contributed by atoms with E-state index in [-0.39, 0.29) is 21.9 Å². The van der Waals surface area contributed by atoms with Gasteiger partial charge in [0.15, 0.2) is 0 Å². The van der Waals surface area contributed by atoms with Gasteiger partial charge in [0.2, 0.25) is 0 Å². The van der Waals surface area contributed by atoms with Crippen molar-refractivity contribution in [1.82, 2.24) is 3.80 Å². The fraction of sp³-hybridized carbons (Fsp3) is 0.600. The Balaban J connectivity index is 0.00000400. The summed E-state index contributed by atoms with van der Waals surface area (Å²) in [5.74, 6) is 0. The molecule has 1 atom stereocenters. The van der Waals surface area contributed by atoms with Crippen molar-refractivity contribution >= 4 is 17.0 Å². The Morgan fingerprint density at radius 3 is 2.00 bits per heavy atom. The summed E-state index contributed by atoms with van der Waals surface area (Å²) in [7, 11) is 0. The molecule has 38 heavy (non-hydrogen) atoms. The minimum absolute atomic E-state index is 0. The molecule has 4 rings (SSSR count). The van der Waals surface area contributed by atoms with Crippen LogP contribution in [0.15, 0.2) is 42.0 Å². The predicted octanol–water partition coefficient (Wildman–Crippen LogP) is 9.45. The molecule has 0 radical (unpaired) electrons. The zero-order valence-electron chi connectivity index (χ0n) is 25.2. The zero-order valence-corrected chi connectivity index (χ0v) is 26.8. The molecule has 0 aliphatic heterocycles. The van der Waals surface area contributed by atoms with Crippen LogP contribution in [0.2, 0.25) is 10.5 Å². The number of allylic oxidation sites excluding steroid dienone is 1. The van der Waals surface area contributed by atoms with Crippen molar-refractivity contribution in [3.8, 4) is 11.1 Å². The number of benzene rings is 2. The summed E-state index contributed by atoms with van der Waals surface area (Å²) in [5, 5.41) is 5.18. The first kappa shape index (κ1) is 31.6. The normalized spacial score (nSPS) is 17.5. The molecular formula is C35H57NSiTi. The number of fused-ring (bicyclic) bond motifs is 4. The maximum Gasteiger partial charge on any atom is -0.0149 e. The van der Waals surface area contributed by atoms with Crippen LogP contribution in [0.5, 0.6) is 0 Å². The molecule has 3 heteroatoms. The SMILES string of the molecule is CCCCCCC1(CCCCCC)c2ccccc2-c2cc3c(cc21)[CH]([Ti]([CH3])([CH3])[NH]C(C)(C)C)C(C)=C3.[SiH4]. The van der Waals surface area contributed by atoms with Crippen LogP contribution in [-0.2, 0) is 22.3 Å². The van der Waals surface area contributed by atoms with Gasteiger partial charge >= 0.3 is 233 Å². The van der Waals surface area contributed by atoms with Crippen molar-refractivity contribution in [3.63, 3.8) is 0 Å². The molecule has 2 aliphatic rings. The van der Waals surface area contributed by atoms with E-state index in [1.165, 1.54) is 80.9 Å². The molecular weight excluding hydrogens is 510 g/mol. The molecule has 0 saturated heterocycles.